The maximum absolute atomic E-state index is 13.2. The predicted molar refractivity (Wildman–Crippen MR) is 76.6 cm³/mol. The molecule has 3 nitrogen and oxygen atoms in total. The highest BCUT2D eigenvalue weighted by atomic mass is 19.4. The summed E-state index contributed by atoms with van der Waals surface area (Å²) >= 11 is 0. The van der Waals surface area contributed by atoms with Crippen LogP contribution in [0.3, 0.4) is 0 Å². The number of halogens is 3. The van der Waals surface area contributed by atoms with Crippen molar-refractivity contribution in [1.82, 2.24) is 4.98 Å². The minimum Gasteiger partial charge on any atom is -0.488 e. The Labute approximate surface area is 125 Å². The molecule has 1 aliphatic heterocycles. The van der Waals surface area contributed by atoms with Gasteiger partial charge in [0, 0.05) is 24.7 Å². The van der Waals surface area contributed by atoms with Crippen molar-refractivity contribution in [3.8, 4) is 17.0 Å². The number of nitrogens with two attached hydrogens (primary N) is 1. The molecule has 0 bridgehead atoms. The number of hydrogen-bond donors (Lipinski definition) is 1. The molecule has 2 heterocycles. The van der Waals surface area contributed by atoms with Gasteiger partial charge >= 0.3 is 6.18 Å². The topological polar surface area (TPSA) is 48.1 Å². The molecule has 1 aliphatic rings. The van der Waals surface area contributed by atoms with Crippen molar-refractivity contribution >= 4 is 0 Å². The molecule has 22 heavy (non-hydrogen) atoms. The average Bonchev–Trinajstić information content (AvgIpc) is 2.88. The van der Waals surface area contributed by atoms with Crippen LogP contribution in [0.5, 0.6) is 5.75 Å². The van der Waals surface area contributed by atoms with Gasteiger partial charge in [0.05, 0.1) is 11.3 Å². The number of nitrogens with zero attached hydrogens (tertiary/aromatic N) is 1. The number of aromatic nitrogens is 1. The van der Waals surface area contributed by atoms with Crippen molar-refractivity contribution in [3.05, 3.63) is 47.2 Å². The molecule has 0 fully saturated rings. The highest BCUT2D eigenvalue weighted by Crippen LogP contribution is 2.43. The van der Waals surface area contributed by atoms with Gasteiger partial charge in [-0.25, -0.2) is 0 Å². The van der Waals surface area contributed by atoms with E-state index in [2.05, 4.69) is 4.98 Å². The van der Waals surface area contributed by atoms with E-state index < -0.39 is 11.7 Å². The van der Waals surface area contributed by atoms with E-state index in [0.29, 0.717) is 24.3 Å². The minimum atomic E-state index is -4.47. The van der Waals surface area contributed by atoms with Crippen LogP contribution in [-0.4, -0.2) is 17.6 Å². The molecule has 2 aromatic rings. The SMILES string of the molecule is Cc1cc2c(c(-c3ncccc3C(F)(F)F)c1)O[C@@H](CN)C2. The molecule has 1 aromatic carbocycles. The second kappa shape index (κ2) is 5.28. The Balaban J connectivity index is 2.20. The van der Waals surface area contributed by atoms with E-state index in [-0.39, 0.29) is 11.8 Å². The number of aryl methyl sites for hydroxylation is 1. The number of ether oxygens (including phenoxy) is 1. The quantitative estimate of drug-likeness (QED) is 0.925. The molecule has 116 valence electrons. The third kappa shape index (κ3) is 2.54. The van der Waals surface area contributed by atoms with Gasteiger partial charge in [-0.1, -0.05) is 6.07 Å². The minimum absolute atomic E-state index is 0.104. The first-order valence-corrected chi connectivity index (χ1v) is 6.93. The first kappa shape index (κ1) is 14.8. The Bertz CT molecular complexity index is 713. The fraction of sp³-hybridized carbons (Fsp3) is 0.312. The molecule has 3 rings (SSSR count). The van der Waals surface area contributed by atoms with Crippen LogP contribution in [0.4, 0.5) is 13.2 Å². The molecule has 6 heteroatoms. The van der Waals surface area contributed by atoms with Crippen molar-refractivity contribution in [3.63, 3.8) is 0 Å². The van der Waals surface area contributed by atoms with Crippen LogP contribution in [0, 0.1) is 6.92 Å². The van der Waals surface area contributed by atoms with Gasteiger partial charge in [0.2, 0.25) is 0 Å². The highest BCUT2D eigenvalue weighted by molar-refractivity contribution is 5.74. The molecule has 1 aromatic heterocycles. The molecule has 0 spiro atoms. The zero-order valence-corrected chi connectivity index (χ0v) is 11.9. The molecule has 0 radical (unpaired) electrons. The fourth-order valence-electron chi connectivity index (χ4n) is 2.75. The molecule has 0 amide bonds. The normalized spacial score (nSPS) is 17.2. The van der Waals surface area contributed by atoms with E-state index in [0.717, 1.165) is 17.2 Å². The Hall–Kier alpha value is -2.08. The van der Waals surface area contributed by atoms with Gasteiger partial charge in [0.15, 0.2) is 0 Å². The van der Waals surface area contributed by atoms with E-state index in [1.807, 2.05) is 13.0 Å². The zero-order valence-electron chi connectivity index (χ0n) is 11.9. The molecular weight excluding hydrogens is 293 g/mol. The largest absolute Gasteiger partial charge is 0.488 e. The second-order valence-electron chi connectivity index (χ2n) is 5.38. The lowest BCUT2D eigenvalue weighted by Gasteiger charge is -2.15. The van der Waals surface area contributed by atoms with Crippen LogP contribution < -0.4 is 10.5 Å². The lowest BCUT2D eigenvalue weighted by molar-refractivity contribution is -0.137. The number of fused-ring (bicyclic) bond motifs is 1. The summed E-state index contributed by atoms with van der Waals surface area (Å²) in [6.07, 6.45) is -2.70. The van der Waals surface area contributed by atoms with Gasteiger partial charge in [0.1, 0.15) is 11.9 Å². The van der Waals surface area contributed by atoms with Crippen LogP contribution in [-0.2, 0) is 12.6 Å². The summed E-state index contributed by atoms with van der Waals surface area (Å²) in [6.45, 7) is 2.16. The van der Waals surface area contributed by atoms with Crippen LogP contribution in [0.1, 0.15) is 16.7 Å². The molecule has 0 saturated carbocycles. The third-order valence-electron chi connectivity index (χ3n) is 3.67. The van der Waals surface area contributed by atoms with Crippen LogP contribution in [0.2, 0.25) is 0 Å². The average molecular weight is 308 g/mol. The highest BCUT2D eigenvalue weighted by Gasteiger charge is 2.36. The summed E-state index contributed by atoms with van der Waals surface area (Å²) in [7, 11) is 0. The monoisotopic (exact) mass is 308 g/mol. The maximum atomic E-state index is 13.2. The second-order valence-corrected chi connectivity index (χ2v) is 5.38. The molecular formula is C16H15F3N2O. The fourth-order valence-corrected chi connectivity index (χ4v) is 2.75. The van der Waals surface area contributed by atoms with Crippen LogP contribution in [0.15, 0.2) is 30.5 Å². The number of alkyl halides is 3. The van der Waals surface area contributed by atoms with Gasteiger partial charge in [0.25, 0.3) is 0 Å². The van der Waals surface area contributed by atoms with Crippen LogP contribution in [0.25, 0.3) is 11.3 Å². The molecule has 2 N–H and O–H groups in total. The van der Waals surface area contributed by atoms with Crippen molar-refractivity contribution in [2.24, 2.45) is 5.73 Å². The Morgan fingerprint density at radius 2 is 2.14 bits per heavy atom. The van der Waals surface area contributed by atoms with Gasteiger partial charge in [-0.05, 0) is 36.2 Å². The first-order chi connectivity index (χ1) is 10.4. The van der Waals surface area contributed by atoms with E-state index in [1.165, 1.54) is 12.3 Å². The smallest absolute Gasteiger partial charge is 0.418 e. The summed E-state index contributed by atoms with van der Waals surface area (Å²) in [4.78, 5) is 3.95. The summed E-state index contributed by atoms with van der Waals surface area (Å²) in [5, 5.41) is 0. The molecule has 0 unspecified atom stereocenters. The number of pyridine rings is 1. The summed E-state index contributed by atoms with van der Waals surface area (Å²) in [5.74, 6) is 0.463. The van der Waals surface area contributed by atoms with E-state index in [4.69, 9.17) is 10.5 Å². The van der Waals surface area contributed by atoms with E-state index in [9.17, 15) is 13.2 Å². The summed E-state index contributed by atoms with van der Waals surface area (Å²) < 4.78 is 45.4. The summed E-state index contributed by atoms with van der Waals surface area (Å²) in [6, 6.07) is 5.91. The van der Waals surface area contributed by atoms with Gasteiger partial charge in [-0.15, -0.1) is 0 Å². The van der Waals surface area contributed by atoms with Crippen LogP contribution >= 0.6 is 0 Å². The van der Waals surface area contributed by atoms with Gasteiger partial charge < -0.3 is 10.5 Å². The predicted octanol–water partition coefficient (Wildman–Crippen LogP) is 3.34. The first-order valence-electron chi connectivity index (χ1n) is 6.93. The van der Waals surface area contributed by atoms with Crippen molar-refractivity contribution in [2.75, 3.05) is 6.54 Å². The molecule has 0 aliphatic carbocycles. The Morgan fingerprint density at radius 3 is 2.82 bits per heavy atom. The molecule has 0 saturated heterocycles. The number of hydrogen-bond acceptors (Lipinski definition) is 3. The lowest BCUT2D eigenvalue weighted by Crippen LogP contribution is -2.24. The maximum Gasteiger partial charge on any atom is 0.418 e. The Morgan fingerprint density at radius 1 is 1.36 bits per heavy atom. The number of rotatable bonds is 2. The van der Waals surface area contributed by atoms with Gasteiger partial charge in [-0.3, -0.25) is 4.98 Å². The van der Waals surface area contributed by atoms with Gasteiger partial charge in [-0.2, -0.15) is 13.2 Å². The Kier molecular flexibility index (Phi) is 3.56. The molecule has 1 atom stereocenters. The zero-order chi connectivity index (χ0) is 15.9. The summed E-state index contributed by atoms with van der Waals surface area (Å²) in [5.41, 5.74) is 6.88. The van der Waals surface area contributed by atoms with Crippen molar-refractivity contribution < 1.29 is 17.9 Å². The number of benzene rings is 1. The van der Waals surface area contributed by atoms with Crippen molar-refractivity contribution in [1.29, 1.82) is 0 Å². The van der Waals surface area contributed by atoms with E-state index >= 15 is 0 Å². The van der Waals surface area contributed by atoms with E-state index in [1.54, 1.807) is 6.07 Å². The standard InChI is InChI=1S/C16H15F3N2O/c1-9-5-10-7-11(8-20)22-15(10)12(6-9)14-13(16(17,18)19)3-2-4-21-14/h2-6,11H,7-8,20H2,1H3/t11-/m1/s1. The van der Waals surface area contributed by atoms with Crippen molar-refractivity contribution in [2.45, 2.75) is 25.6 Å². The lowest BCUT2D eigenvalue weighted by atomic mass is 9.98. The third-order valence-corrected chi connectivity index (χ3v) is 3.67.